The lowest BCUT2D eigenvalue weighted by atomic mass is 10.1. The maximum Gasteiger partial charge on any atom is 0.243 e. The van der Waals surface area contributed by atoms with E-state index < -0.39 is 10.0 Å². The van der Waals surface area contributed by atoms with Gasteiger partial charge in [-0.1, -0.05) is 42.5 Å². The molecule has 3 rings (SSSR count). The van der Waals surface area contributed by atoms with Crippen molar-refractivity contribution in [1.29, 1.82) is 0 Å². The first kappa shape index (κ1) is 19.5. The van der Waals surface area contributed by atoms with E-state index in [0.717, 1.165) is 29.2 Å². The van der Waals surface area contributed by atoms with Crippen molar-refractivity contribution in [2.45, 2.75) is 24.7 Å². The van der Waals surface area contributed by atoms with Crippen molar-refractivity contribution in [3.63, 3.8) is 0 Å². The molecule has 0 radical (unpaired) electrons. The number of sulfonamides is 1. The van der Waals surface area contributed by atoms with Gasteiger partial charge in [0.1, 0.15) is 0 Å². The van der Waals surface area contributed by atoms with Crippen LogP contribution in [0.15, 0.2) is 65.8 Å². The van der Waals surface area contributed by atoms with Gasteiger partial charge >= 0.3 is 0 Å². The standard InChI is InChI=1S/C21H25N3O2S/c1-17-15-23-16-19-10-5-11-20(21(17)19)27(25,26)24(14-12-22)13-6-9-18-7-3-2-4-8-18/h2-5,7-8,10-11,15-16H,6,9,12-14,22H2,1H3. The highest BCUT2D eigenvalue weighted by molar-refractivity contribution is 7.89. The molecule has 0 saturated heterocycles. The van der Waals surface area contributed by atoms with Gasteiger partial charge in [-0.3, -0.25) is 4.98 Å². The van der Waals surface area contributed by atoms with Crippen LogP contribution in [-0.2, 0) is 16.4 Å². The van der Waals surface area contributed by atoms with Crippen molar-refractivity contribution >= 4 is 20.8 Å². The van der Waals surface area contributed by atoms with Crippen LogP contribution < -0.4 is 5.73 Å². The average Bonchev–Trinajstić information content (AvgIpc) is 2.68. The minimum Gasteiger partial charge on any atom is -0.329 e. The van der Waals surface area contributed by atoms with E-state index in [0.29, 0.717) is 18.0 Å². The molecule has 0 aliphatic heterocycles. The van der Waals surface area contributed by atoms with Crippen LogP contribution in [0.5, 0.6) is 0 Å². The van der Waals surface area contributed by atoms with Gasteiger partial charge in [0.2, 0.25) is 10.0 Å². The van der Waals surface area contributed by atoms with Gasteiger partial charge in [-0.05, 0) is 37.0 Å². The lowest BCUT2D eigenvalue weighted by Gasteiger charge is -2.23. The SMILES string of the molecule is Cc1cncc2cccc(S(=O)(=O)N(CCN)CCCc3ccccc3)c12. The number of fused-ring (bicyclic) bond motifs is 1. The highest BCUT2D eigenvalue weighted by Gasteiger charge is 2.26. The molecule has 0 aliphatic rings. The Kier molecular flexibility index (Phi) is 6.21. The van der Waals surface area contributed by atoms with Crippen molar-refractivity contribution in [2.75, 3.05) is 19.6 Å². The molecule has 1 aromatic heterocycles. The van der Waals surface area contributed by atoms with Crippen LogP contribution in [0.25, 0.3) is 10.8 Å². The van der Waals surface area contributed by atoms with Gasteiger partial charge in [-0.15, -0.1) is 0 Å². The molecule has 0 spiro atoms. The first-order chi connectivity index (χ1) is 13.0. The summed E-state index contributed by atoms with van der Waals surface area (Å²) in [5, 5.41) is 1.56. The van der Waals surface area contributed by atoms with E-state index in [9.17, 15) is 8.42 Å². The van der Waals surface area contributed by atoms with Crippen LogP contribution in [-0.4, -0.2) is 37.3 Å². The fraction of sp³-hybridized carbons (Fsp3) is 0.286. The summed E-state index contributed by atoms with van der Waals surface area (Å²) in [5.74, 6) is 0. The van der Waals surface area contributed by atoms with Gasteiger partial charge in [0.15, 0.2) is 0 Å². The van der Waals surface area contributed by atoms with Gasteiger partial charge in [0.25, 0.3) is 0 Å². The molecule has 5 nitrogen and oxygen atoms in total. The predicted molar refractivity (Wildman–Crippen MR) is 109 cm³/mol. The summed E-state index contributed by atoms with van der Waals surface area (Å²) in [5.41, 5.74) is 7.77. The Morgan fingerprint density at radius 3 is 2.52 bits per heavy atom. The molecule has 0 amide bonds. The number of rotatable bonds is 8. The van der Waals surface area contributed by atoms with E-state index in [1.165, 1.54) is 9.87 Å². The van der Waals surface area contributed by atoms with Crippen molar-refractivity contribution in [2.24, 2.45) is 5.73 Å². The molecule has 0 atom stereocenters. The summed E-state index contributed by atoms with van der Waals surface area (Å²) in [6.45, 7) is 2.92. The van der Waals surface area contributed by atoms with Crippen molar-refractivity contribution in [3.05, 3.63) is 72.1 Å². The summed E-state index contributed by atoms with van der Waals surface area (Å²) in [4.78, 5) is 4.50. The number of hydrogen-bond donors (Lipinski definition) is 1. The molecule has 0 saturated carbocycles. The van der Waals surface area contributed by atoms with Crippen LogP contribution in [0.3, 0.4) is 0 Å². The second-order valence-electron chi connectivity index (χ2n) is 6.59. The Morgan fingerprint density at radius 1 is 1.00 bits per heavy atom. The molecule has 3 aromatic rings. The Morgan fingerprint density at radius 2 is 1.78 bits per heavy atom. The number of aryl methyl sites for hydroxylation is 2. The number of nitrogens with zero attached hydrogens (tertiary/aromatic N) is 2. The first-order valence-electron chi connectivity index (χ1n) is 9.11. The van der Waals surface area contributed by atoms with Crippen LogP contribution in [0, 0.1) is 6.92 Å². The number of nitrogens with two attached hydrogens (primary N) is 1. The van der Waals surface area contributed by atoms with Gasteiger partial charge in [-0.2, -0.15) is 4.31 Å². The van der Waals surface area contributed by atoms with Crippen LogP contribution in [0.4, 0.5) is 0 Å². The van der Waals surface area contributed by atoms with E-state index in [4.69, 9.17) is 5.73 Å². The van der Waals surface area contributed by atoms with Gasteiger partial charge < -0.3 is 5.73 Å². The zero-order valence-electron chi connectivity index (χ0n) is 15.5. The monoisotopic (exact) mass is 383 g/mol. The largest absolute Gasteiger partial charge is 0.329 e. The van der Waals surface area contributed by atoms with Crippen LogP contribution >= 0.6 is 0 Å². The molecule has 27 heavy (non-hydrogen) atoms. The Labute approximate surface area is 160 Å². The highest BCUT2D eigenvalue weighted by atomic mass is 32.2. The first-order valence-corrected chi connectivity index (χ1v) is 10.6. The Bertz CT molecular complexity index is 999. The maximum absolute atomic E-state index is 13.4. The predicted octanol–water partition coefficient (Wildman–Crippen LogP) is 3.13. The van der Waals surface area contributed by atoms with Gasteiger partial charge in [0, 0.05) is 42.8 Å². The second kappa shape index (κ2) is 8.61. The van der Waals surface area contributed by atoms with Crippen molar-refractivity contribution < 1.29 is 8.42 Å². The molecule has 6 heteroatoms. The normalized spacial score (nSPS) is 12.0. The van der Waals surface area contributed by atoms with E-state index >= 15 is 0 Å². The van der Waals surface area contributed by atoms with Crippen LogP contribution in [0.1, 0.15) is 17.5 Å². The average molecular weight is 384 g/mol. The van der Waals surface area contributed by atoms with E-state index in [1.807, 2.05) is 31.2 Å². The minimum atomic E-state index is -3.64. The molecular weight excluding hydrogens is 358 g/mol. The summed E-state index contributed by atoms with van der Waals surface area (Å²) < 4.78 is 28.3. The number of benzene rings is 2. The summed E-state index contributed by atoms with van der Waals surface area (Å²) in [6.07, 6.45) is 4.97. The fourth-order valence-corrected chi connectivity index (χ4v) is 5.11. The number of aromatic nitrogens is 1. The van der Waals surface area contributed by atoms with Gasteiger partial charge in [-0.25, -0.2) is 8.42 Å². The molecule has 0 unspecified atom stereocenters. The molecular formula is C21H25N3O2S. The number of pyridine rings is 1. The Balaban J connectivity index is 1.88. The molecule has 0 fully saturated rings. The third kappa shape index (κ3) is 4.35. The fourth-order valence-electron chi connectivity index (χ4n) is 3.33. The third-order valence-corrected chi connectivity index (χ3v) is 6.59. The van der Waals surface area contributed by atoms with Crippen molar-refractivity contribution in [3.8, 4) is 0 Å². The lowest BCUT2D eigenvalue weighted by Crippen LogP contribution is -2.36. The summed E-state index contributed by atoms with van der Waals surface area (Å²) in [6, 6.07) is 15.4. The molecule has 2 N–H and O–H groups in total. The highest BCUT2D eigenvalue weighted by Crippen LogP contribution is 2.28. The van der Waals surface area contributed by atoms with E-state index in [-0.39, 0.29) is 6.54 Å². The quantitative estimate of drug-likeness (QED) is 0.648. The zero-order chi connectivity index (χ0) is 19.3. The van der Waals surface area contributed by atoms with E-state index in [1.54, 1.807) is 24.5 Å². The van der Waals surface area contributed by atoms with Crippen LogP contribution in [0.2, 0.25) is 0 Å². The number of hydrogen-bond acceptors (Lipinski definition) is 4. The molecule has 1 heterocycles. The summed E-state index contributed by atoms with van der Waals surface area (Å²) >= 11 is 0. The Hall–Kier alpha value is -2.28. The zero-order valence-corrected chi connectivity index (χ0v) is 16.3. The topological polar surface area (TPSA) is 76.3 Å². The molecule has 142 valence electrons. The molecule has 2 aromatic carbocycles. The second-order valence-corrected chi connectivity index (χ2v) is 8.50. The smallest absolute Gasteiger partial charge is 0.243 e. The van der Waals surface area contributed by atoms with Crippen molar-refractivity contribution in [1.82, 2.24) is 9.29 Å². The third-order valence-electron chi connectivity index (χ3n) is 4.65. The minimum absolute atomic E-state index is 0.288. The lowest BCUT2D eigenvalue weighted by molar-refractivity contribution is 0.412. The molecule has 0 bridgehead atoms. The maximum atomic E-state index is 13.4. The summed E-state index contributed by atoms with van der Waals surface area (Å²) in [7, 11) is -3.64. The van der Waals surface area contributed by atoms with E-state index in [2.05, 4.69) is 17.1 Å². The van der Waals surface area contributed by atoms with Gasteiger partial charge in [0.05, 0.1) is 4.90 Å². The molecule has 0 aliphatic carbocycles.